The number of nitrogens with one attached hydrogen (secondary N) is 1. The number of halogens is 3. The first-order valence-electron chi connectivity index (χ1n) is 7.67. The Kier molecular flexibility index (Phi) is 4.98. The zero-order chi connectivity index (χ0) is 20.5. The van der Waals surface area contributed by atoms with Crippen LogP contribution in [0.25, 0.3) is 16.8 Å². The standard InChI is InChI=1S/C16H13F3N4O4S/c1-27-15-12(22-28(25,26)9-16(17,18)19)6-11(7-21-15)10-2-3-13-20-5-4-14(24)23(13)8-10/h2-8,22H,9H2,1H3. The van der Waals surface area contributed by atoms with Gasteiger partial charge in [0.15, 0.2) is 5.75 Å². The smallest absolute Gasteiger partial charge is 0.404 e. The van der Waals surface area contributed by atoms with Gasteiger partial charge >= 0.3 is 6.18 Å². The predicted octanol–water partition coefficient (Wildman–Crippen LogP) is 2.07. The predicted molar refractivity (Wildman–Crippen MR) is 94.7 cm³/mol. The number of hydrogen-bond acceptors (Lipinski definition) is 6. The maximum Gasteiger partial charge on any atom is 0.404 e. The molecule has 12 heteroatoms. The van der Waals surface area contributed by atoms with E-state index in [0.29, 0.717) is 16.8 Å². The quantitative estimate of drug-likeness (QED) is 0.686. The van der Waals surface area contributed by atoms with Crippen molar-refractivity contribution in [1.82, 2.24) is 14.4 Å². The molecule has 0 aliphatic heterocycles. The van der Waals surface area contributed by atoms with Crippen LogP contribution in [0.4, 0.5) is 18.9 Å². The molecule has 0 aliphatic rings. The monoisotopic (exact) mass is 414 g/mol. The highest BCUT2D eigenvalue weighted by molar-refractivity contribution is 7.92. The third-order valence-electron chi connectivity index (χ3n) is 3.59. The van der Waals surface area contributed by atoms with Gasteiger partial charge in [-0.15, -0.1) is 0 Å². The molecule has 0 spiro atoms. The van der Waals surface area contributed by atoms with Gasteiger partial charge in [0.25, 0.3) is 5.56 Å². The Bertz CT molecular complexity index is 1190. The van der Waals surface area contributed by atoms with Crippen LogP contribution in [-0.4, -0.2) is 41.8 Å². The molecule has 3 aromatic rings. The van der Waals surface area contributed by atoms with Crippen LogP contribution in [0.15, 0.2) is 47.7 Å². The maximum absolute atomic E-state index is 12.5. The van der Waals surface area contributed by atoms with Gasteiger partial charge in [-0.2, -0.15) is 13.2 Å². The minimum atomic E-state index is -4.91. The molecule has 28 heavy (non-hydrogen) atoms. The van der Waals surface area contributed by atoms with Crippen LogP contribution < -0.4 is 15.0 Å². The second kappa shape index (κ2) is 7.11. The number of alkyl halides is 3. The Hall–Kier alpha value is -3.15. The van der Waals surface area contributed by atoms with E-state index in [-0.39, 0.29) is 17.1 Å². The fraction of sp³-hybridized carbons (Fsp3) is 0.188. The molecule has 0 bridgehead atoms. The van der Waals surface area contributed by atoms with Crippen molar-refractivity contribution in [1.29, 1.82) is 0 Å². The minimum Gasteiger partial charge on any atom is -0.480 e. The molecule has 0 saturated heterocycles. The lowest BCUT2D eigenvalue weighted by atomic mass is 10.1. The molecule has 3 heterocycles. The van der Waals surface area contributed by atoms with Gasteiger partial charge in [0.1, 0.15) is 11.3 Å². The van der Waals surface area contributed by atoms with E-state index >= 15 is 0 Å². The summed E-state index contributed by atoms with van der Waals surface area (Å²) in [5.74, 6) is -2.25. The zero-order valence-electron chi connectivity index (χ0n) is 14.3. The summed E-state index contributed by atoms with van der Waals surface area (Å²) in [5, 5.41) is 0. The number of rotatable bonds is 5. The molecular weight excluding hydrogens is 401 g/mol. The summed E-state index contributed by atoms with van der Waals surface area (Å²) in [6.45, 7) is 0. The summed E-state index contributed by atoms with van der Waals surface area (Å²) < 4.78 is 69.0. The van der Waals surface area contributed by atoms with Crippen molar-refractivity contribution < 1.29 is 26.3 Å². The molecule has 3 aromatic heterocycles. The summed E-state index contributed by atoms with van der Waals surface area (Å²) in [6, 6.07) is 5.70. The molecule has 0 radical (unpaired) electrons. The van der Waals surface area contributed by atoms with Crippen LogP contribution in [0.1, 0.15) is 0 Å². The molecule has 0 aliphatic carbocycles. The number of anilines is 1. The van der Waals surface area contributed by atoms with Crippen molar-refractivity contribution in [3.8, 4) is 17.0 Å². The van der Waals surface area contributed by atoms with Gasteiger partial charge in [-0.3, -0.25) is 13.9 Å². The van der Waals surface area contributed by atoms with Crippen LogP contribution in [0.2, 0.25) is 0 Å². The van der Waals surface area contributed by atoms with Crippen LogP contribution in [0, 0.1) is 0 Å². The number of pyridine rings is 2. The number of methoxy groups -OCH3 is 1. The lowest BCUT2D eigenvalue weighted by Gasteiger charge is -2.14. The molecule has 3 rings (SSSR count). The summed E-state index contributed by atoms with van der Waals surface area (Å²) in [5.41, 5.74) is 0.614. The minimum absolute atomic E-state index is 0.200. The largest absolute Gasteiger partial charge is 0.480 e. The summed E-state index contributed by atoms with van der Waals surface area (Å²) in [7, 11) is -3.53. The summed E-state index contributed by atoms with van der Waals surface area (Å²) in [6.07, 6.45) is -0.748. The van der Waals surface area contributed by atoms with Gasteiger partial charge < -0.3 is 4.74 Å². The zero-order valence-corrected chi connectivity index (χ0v) is 15.1. The number of nitrogens with zero attached hydrogens (tertiary/aromatic N) is 3. The Balaban J connectivity index is 2.04. The Morgan fingerprint density at radius 3 is 2.61 bits per heavy atom. The van der Waals surface area contributed by atoms with Gasteiger partial charge in [0.2, 0.25) is 15.9 Å². The number of aromatic nitrogens is 3. The van der Waals surface area contributed by atoms with E-state index in [4.69, 9.17) is 4.74 Å². The molecule has 148 valence electrons. The van der Waals surface area contributed by atoms with E-state index in [2.05, 4.69) is 9.97 Å². The number of hydrogen-bond donors (Lipinski definition) is 1. The second-order valence-corrected chi connectivity index (χ2v) is 7.41. The lowest BCUT2D eigenvalue weighted by molar-refractivity contribution is -0.106. The lowest BCUT2D eigenvalue weighted by Crippen LogP contribution is -2.28. The van der Waals surface area contributed by atoms with Crippen molar-refractivity contribution in [2.45, 2.75) is 6.18 Å². The highest BCUT2D eigenvalue weighted by Gasteiger charge is 2.35. The average Bonchev–Trinajstić information content (AvgIpc) is 2.59. The molecule has 0 atom stereocenters. The highest BCUT2D eigenvalue weighted by Crippen LogP contribution is 2.30. The number of ether oxygens (including phenoxy) is 1. The van der Waals surface area contributed by atoms with Crippen LogP contribution >= 0.6 is 0 Å². The second-order valence-electron chi connectivity index (χ2n) is 5.69. The van der Waals surface area contributed by atoms with E-state index in [1.807, 2.05) is 4.72 Å². The first-order valence-corrected chi connectivity index (χ1v) is 9.32. The maximum atomic E-state index is 12.5. The Labute approximate surface area is 156 Å². The van der Waals surface area contributed by atoms with Crippen molar-refractivity contribution in [3.63, 3.8) is 0 Å². The third kappa shape index (κ3) is 4.39. The SMILES string of the molecule is COc1ncc(-c2ccc3nccc(=O)n3c2)cc1NS(=O)(=O)CC(F)(F)F. The molecule has 1 N–H and O–H groups in total. The summed E-state index contributed by atoms with van der Waals surface area (Å²) >= 11 is 0. The van der Waals surface area contributed by atoms with Crippen LogP contribution in [0.5, 0.6) is 5.88 Å². The molecule has 8 nitrogen and oxygen atoms in total. The van der Waals surface area contributed by atoms with Crippen LogP contribution in [-0.2, 0) is 10.0 Å². The van der Waals surface area contributed by atoms with E-state index in [0.717, 1.165) is 0 Å². The first-order chi connectivity index (χ1) is 13.1. The number of fused-ring (bicyclic) bond motifs is 1. The molecule has 0 saturated carbocycles. The molecular formula is C16H13F3N4O4S. The topological polar surface area (TPSA) is 103 Å². The number of sulfonamides is 1. The molecule has 0 amide bonds. The van der Waals surface area contributed by atoms with Crippen molar-refractivity contribution in [2.75, 3.05) is 17.6 Å². The van der Waals surface area contributed by atoms with Gasteiger partial charge in [-0.25, -0.2) is 18.4 Å². The van der Waals surface area contributed by atoms with E-state index in [1.165, 1.54) is 42.2 Å². The van der Waals surface area contributed by atoms with Crippen molar-refractivity contribution in [2.24, 2.45) is 0 Å². The van der Waals surface area contributed by atoms with Gasteiger partial charge in [0.05, 0.1) is 7.11 Å². The van der Waals surface area contributed by atoms with Gasteiger partial charge in [-0.1, -0.05) is 0 Å². The molecule has 0 unspecified atom stereocenters. The first kappa shape index (κ1) is 19.6. The van der Waals surface area contributed by atoms with Crippen LogP contribution in [0.3, 0.4) is 0 Å². The van der Waals surface area contributed by atoms with Gasteiger partial charge in [-0.05, 0) is 18.2 Å². The molecule has 0 aromatic carbocycles. The fourth-order valence-corrected chi connectivity index (χ4v) is 3.45. The highest BCUT2D eigenvalue weighted by atomic mass is 32.2. The molecule has 0 fully saturated rings. The van der Waals surface area contributed by atoms with Crippen molar-refractivity contribution in [3.05, 3.63) is 53.2 Å². The van der Waals surface area contributed by atoms with E-state index in [1.54, 1.807) is 12.1 Å². The summed E-state index contributed by atoms with van der Waals surface area (Å²) in [4.78, 5) is 19.9. The van der Waals surface area contributed by atoms with Crippen molar-refractivity contribution >= 4 is 21.4 Å². The van der Waals surface area contributed by atoms with E-state index in [9.17, 15) is 26.4 Å². The third-order valence-corrected chi connectivity index (χ3v) is 4.82. The average molecular weight is 414 g/mol. The normalized spacial score (nSPS) is 12.1. The van der Waals surface area contributed by atoms with Gasteiger partial charge in [0, 0.05) is 35.8 Å². The Morgan fingerprint density at radius 2 is 1.93 bits per heavy atom. The Morgan fingerprint density at radius 1 is 1.18 bits per heavy atom. The van der Waals surface area contributed by atoms with E-state index < -0.39 is 22.0 Å². The fourth-order valence-electron chi connectivity index (χ4n) is 2.47.